The van der Waals surface area contributed by atoms with E-state index >= 15 is 0 Å². The lowest BCUT2D eigenvalue weighted by Crippen LogP contribution is -2.47. The van der Waals surface area contributed by atoms with Crippen molar-refractivity contribution >= 4 is 29.9 Å². The van der Waals surface area contributed by atoms with Crippen LogP contribution in [0.15, 0.2) is 41.9 Å². The van der Waals surface area contributed by atoms with Crippen molar-refractivity contribution in [2.75, 3.05) is 26.2 Å². The van der Waals surface area contributed by atoms with E-state index in [0.29, 0.717) is 12.6 Å². The SMILES string of the molecule is CCNC(=NCc1ccc(-n2cncn2)cc1)N1CCC(OCC)CC1.I. The van der Waals surface area contributed by atoms with Crippen LogP contribution in [0, 0.1) is 0 Å². The molecule has 148 valence electrons. The summed E-state index contributed by atoms with van der Waals surface area (Å²) < 4.78 is 7.49. The van der Waals surface area contributed by atoms with Crippen molar-refractivity contribution in [3.8, 4) is 5.69 Å². The minimum absolute atomic E-state index is 0. The highest BCUT2D eigenvalue weighted by Gasteiger charge is 2.21. The van der Waals surface area contributed by atoms with Gasteiger partial charge in [-0.2, -0.15) is 5.10 Å². The fourth-order valence-corrected chi connectivity index (χ4v) is 3.16. The van der Waals surface area contributed by atoms with Crippen molar-refractivity contribution in [3.63, 3.8) is 0 Å². The van der Waals surface area contributed by atoms with Crippen LogP contribution in [0.5, 0.6) is 0 Å². The Morgan fingerprint density at radius 2 is 1.96 bits per heavy atom. The number of rotatable bonds is 6. The van der Waals surface area contributed by atoms with E-state index in [2.05, 4.69) is 46.3 Å². The van der Waals surface area contributed by atoms with Crippen LogP contribution in [0.1, 0.15) is 32.3 Å². The second kappa shape index (κ2) is 11.2. The summed E-state index contributed by atoms with van der Waals surface area (Å²) in [7, 11) is 0. The van der Waals surface area contributed by atoms with Gasteiger partial charge in [0.2, 0.25) is 0 Å². The van der Waals surface area contributed by atoms with Crippen LogP contribution in [0.2, 0.25) is 0 Å². The number of benzene rings is 1. The molecule has 1 aromatic carbocycles. The molecule has 1 N–H and O–H groups in total. The molecular formula is C19H29IN6O. The van der Waals surface area contributed by atoms with Gasteiger partial charge in [0.05, 0.1) is 18.3 Å². The highest BCUT2D eigenvalue weighted by atomic mass is 127. The lowest BCUT2D eigenvalue weighted by atomic mass is 10.1. The number of likely N-dealkylation sites (tertiary alicyclic amines) is 1. The van der Waals surface area contributed by atoms with Crippen LogP contribution in [-0.2, 0) is 11.3 Å². The number of hydrogen-bond donors (Lipinski definition) is 1. The molecular weight excluding hydrogens is 455 g/mol. The van der Waals surface area contributed by atoms with Crippen LogP contribution in [-0.4, -0.2) is 58.0 Å². The fourth-order valence-electron chi connectivity index (χ4n) is 3.16. The molecule has 0 saturated carbocycles. The van der Waals surface area contributed by atoms with Gasteiger partial charge >= 0.3 is 0 Å². The topological polar surface area (TPSA) is 67.6 Å². The predicted molar refractivity (Wildman–Crippen MR) is 118 cm³/mol. The number of piperidine rings is 1. The average Bonchev–Trinajstić information content (AvgIpc) is 3.21. The minimum Gasteiger partial charge on any atom is -0.378 e. The van der Waals surface area contributed by atoms with Crippen LogP contribution in [0.4, 0.5) is 0 Å². The lowest BCUT2D eigenvalue weighted by Gasteiger charge is -2.34. The van der Waals surface area contributed by atoms with Crippen molar-refractivity contribution in [1.82, 2.24) is 25.0 Å². The third-order valence-electron chi connectivity index (χ3n) is 4.51. The first-order chi connectivity index (χ1) is 12.8. The van der Waals surface area contributed by atoms with Crippen molar-refractivity contribution in [2.24, 2.45) is 4.99 Å². The molecule has 0 bridgehead atoms. The molecule has 0 atom stereocenters. The molecule has 1 aliphatic rings. The molecule has 3 rings (SSSR count). The second-order valence-electron chi connectivity index (χ2n) is 6.32. The summed E-state index contributed by atoms with van der Waals surface area (Å²) in [6, 6.07) is 8.26. The number of aliphatic imine (C=N–C) groups is 1. The van der Waals surface area contributed by atoms with Crippen LogP contribution < -0.4 is 5.32 Å². The van der Waals surface area contributed by atoms with E-state index in [-0.39, 0.29) is 24.0 Å². The third kappa shape index (κ3) is 6.17. The Hall–Kier alpha value is -1.68. The largest absolute Gasteiger partial charge is 0.378 e. The molecule has 0 radical (unpaired) electrons. The molecule has 7 nitrogen and oxygen atoms in total. The first kappa shape index (κ1) is 21.6. The van der Waals surface area contributed by atoms with Crippen molar-refractivity contribution in [2.45, 2.75) is 39.3 Å². The number of ether oxygens (including phenoxy) is 1. The first-order valence-electron chi connectivity index (χ1n) is 9.39. The first-order valence-corrected chi connectivity index (χ1v) is 9.39. The highest BCUT2D eigenvalue weighted by Crippen LogP contribution is 2.14. The molecule has 0 spiro atoms. The predicted octanol–water partition coefficient (Wildman–Crippen LogP) is 2.85. The Bertz CT molecular complexity index is 681. The Balaban J connectivity index is 0.00000261. The van der Waals surface area contributed by atoms with E-state index < -0.39 is 0 Å². The van der Waals surface area contributed by atoms with E-state index in [9.17, 15) is 0 Å². The van der Waals surface area contributed by atoms with Gasteiger partial charge in [-0.3, -0.25) is 0 Å². The van der Waals surface area contributed by atoms with Gasteiger partial charge in [0, 0.05) is 26.2 Å². The molecule has 1 saturated heterocycles. The number of nitrogens with one attached hydrogen (secondary N) is 1. The molecule has 1 aliphatic heterocycles. The van der Waals surface area contributed by atoms with Crippen molar-refractivity contribution < 1.29 is 4.74 Å². The molecule has 1 aromatic heterocycles. The summed E-state index contributed by atoms with van der Waals surface area (Å²) in [6.45, 7) is 8.47. The van der Waals surface area contributed by atoms with Crippen molar-refractivity contribution in [1.29, 1.82) is 0 Å². The zero-order valence-corrected chi connectivity index (χ0v) is 18.4. The third-order valence-corrected chi connectivity index (χ3v) is 4.51. The summed E-state index contributed by atoms with van der Waals surface area (Å²) in [5.41, 5.74) is 2.17. The summed E-state index contributed by atoms with van der Waals surface area (Å²) >= 11 is 0. The Kier molecular flexibility index (Phi) is 8.99. The van der Waals surface area contributed by atoms with Gasteiger partial charge in [-0.1, -0.05) is 12.1 Å². The monoisotopic (exact) mass is 484 g/mol. The molecule has 2 heterocycles. The minimum atomic E-state index is 0. The summed E-state index contributed by atoms with van der Waals surface area (Å²) in [4.78, 5) is 11.1. The van der Waals surface area contributed by atoms with E-state index in [4.69, 9.17) is 9.73 Å². The van der Waals surface area contributed by atoms with Gasteiger partial charge in [-0.15, -0.1) is 24.0 Å². The van der Waals surface area contributed by atoms with Gasteiger partial charge in [0.1, 0.15) is 12.7 Å². The van der Waals surface area contributed by atoms with Gasteiger partial charge < -0.3 is 15.0 Å². The van der Waals surface area contributed by atoms with Crippen LogP contribution >= 0.6 is 24.0 Å². The zero-order valence-electron chi connectivity index (χ0n) is 16.0. The summed E-state index contributed by atoms with van der Waals surface area (Å²) in [5, 5.41) is 7.56. The maximum Gasteiger partial charge on any atom is 0.194 e. The molecule has 0 unspecified atom stereocenters. The number of guanidine groups is 1. The van der Waals surface area contributed by atoms with Gasteiger partial charge in [-0.05, 0) is 44.4 Å². The van der Waals surface area contributed by atoms with Gasteiger partial charge in [0.15, 0.2) is 5.96 Å². The zero-order chi connectivity index (χ0) is 18.2. The molecule has 2 aromatic rings. The molecule has 27 heavy (non-hydrogen) atoms. The maximum atomic E-state index is 5.74. The molecule has 0 amide bonds. The highest BCUT2D eigenvalue weighted by molar-refractivity contribution is 14.0. The smallest absolute Gasteiger partial charge is 0.194 e. The Labute approximate surface area is 178 Å². The van der Waals surface area contributed by atoms with Gasteiger partial charge in [0.25, 0.3) is 0 Å². The Morgan fingerprint density at radius 3 is 2.56 bits per heavy atom. The van der Waals surface area contributed by atoms with Crippen LogP contribution in [0.3, 0.4) is 0 Å². The number of halogens is 1. The summed E-state index contributed by atoms with van der Waals surface area (Å²) in [5.74, 6) is 0.989. The average molecular weight is 484 g/mol. The van der Waals surface area contributed by atoms with Crippen LogP contribution in [0.25, 0.3) is 5.69 Å². The number of aromatic nitrogens is 3. The second-order valence-corrected chi connectivity index (χ2v) is 6.32. The molecule has 1 fully saturated rings. The summed E-state index contributed by atoms with van der Waals surface area (Å²) in [6.07, 6.45) is 5.75. The molecule has 0 aliphatic carbocycles. The quantitative estimate of drug-likeness (QED) is 0.388. The van der Waals surface area contributed by atoms with Crippen molar-refractivity contribution in [3.05, 3.63) is 42.5 Å². The maximum absolute atomic E-state index is 5.74. The van der Waals surface area contributed by atoms with E-state index in [1.165, 1.54) is 11.9 Å². The number of nitrogens with zero attached hydrogens (tertiary/aromatic N) is 5. The molecule has 8 heteroatoms. The fraction of sp³-hybridized carbons (Fsp3) is 0.526. The lowest BCUT2D eigenvalue weighted by molar-refractivity contribution is 0.0263. The standard InChI is InChI=1S/C19H28N6O.HI/c1-3-21-19(24-11-9-18(10-12-24)26-4-2)22-13-16-5-7-17(8-6-16)25-15-20-14-23-25;/h5-8,14-15,18H,3-4,9-13H2,1-2H3,(H,21,22);1H. The normalized spacial score (nSPS) is 15.5. The van der Waals surface area contributed by atoms with E-state index in [1.54, 1.807) is 11.0 Å². The van der Waals surface area contributed by atoms with E-state index in [0.717, 1.165) is 50.7 Å². The van der Waals surface area contributed by atoms with Gasteiger partial charge in [-0.25, -0.2) is 14.7 Å². The van der Waals surface area contributed by atoms with E-state index in [1.807, 2.05) is 12.1 Å². The Morgan fingerprint density at radius 1 is 1.22 bits per heavy atom. The number of hydrogen-bond acceptors (Lipinski definition) is 4.